The van der Waals surface area contributed by atoms with E-state index in [4.69, 9.17) is 23.2 Å². The fourth-order valence-corrected chi connectivity index (χ4v) is 2.64. The van der Waals surface area contributed by atoms with E-state index in [0.29, 0.717) is 10.2 Å². The lowest BCUT2D eigenvalue weighted by molar-refractivity contribution is 0.941. The molecule has 0 N–H and O–H groups in total. The minimum atomic E-state index is 0.427. The summed E-state index contributed by atoms with van der Waals surface area (Å²) in [5.74, 6) is 7.05. The summed E-state index contributed by atoms with van der Waals surface area (Å²) in [4.78, 5) is 8.50. The Labute approximate surface area is 144 Å². The van der Waals surface area contributed by atoms with Crippen LogP contribution in [0.1, 0.15) is 22.8 Å². The molecule has 0 aliphatic rings. The number of nitrogens with zero attached hydrogens (tertiary/aromatic N) is 3. The summed E-state index contributed by atoms with van der Waals surface area (Å²) in [6.07, 6.45) is 1.64. The molecule has 0 saturated carbocycles. The second kappa shape index (κ2) is 6.45. The predicted molar refractivity (Wildman–Crippen MR) is 93.3 cm³/mol. The monoisotopic (exact) mass is 341 g/mol. The second-order valence-electron chi connectivity index (χ2n) is 5.02. The summed E-state index contributed by atoms with van der Waals surface area (Å²) in [5.41, 5.74) is 3.54. The highest BCUT2D eigenvalue weighted by molar-refractivity contribution is 6.30. The van der Waals surface area contributed by atoms with Gasteiger partial charge in [0, 0.05) is 22.5 Å². The summed E-state index contributed by atoms with van der Waals surface area (Å²) in [7, 11) is 0. The fourth-order valence-electron chi connectivity index (χ4n) is 2.34. The van der Waals surface area contributed by atoms with Crippen molar-refractivity contribution in [1.29, 1.82) is 0 Å². The van der Waals surface area contributed by atoms with Gasteiger partial charge in [0.2, 0.25) is 0 Å². The number of halogens is 2. The molecule has 0 fully saturated rings. The van der Waals surface area contributed by atoms with E-state index >= 15 is 0 Å². The number of hydrogen-bond acceptors (Lipinski definition) is 2. The zero-order valence-corrected chi connectivity index (χ0v) is 14.2. The molecule has 0 aliphatic carbocycles. The van der Waals surface area contributed by atoms with Crippen LogP contribution in [0.2, 0.25) is 10.2 Å². The summed E-state index contributed by atoms with van der Waals surface area (Å²) < 4.78 is 2.06. The number of imidazole rings is 1. The Kier molecular flexibility index (Phi) is 4.38. The highest BCUT2D eigenvalue weighted by Crippen LogP contribution is 2.19. The van der Waals surface area contributed by atoms with E-state index in [-0.39, 0.29) is 0 Å². The van der Waals surface area contributed by atoms with Gasteiger partial charge in [-0.1, -0.05) is 29.1 Å². The Morgan fingerprint density at radius 2 is 1.74 bits per heavy atom. The zero-order chi connectivity index (χ0) is 16.4. The molecular formula is C18H13Cl2N3. The highest BCUT2D eigenvalue weighted by atomic mass is 35.5. The molecule has 0 saturated heterocycles. The first-order chi connectivity index (χ1) is 11.0. The Bertz CT molecular complexity index is 916. The van der Waals surface area contributed by atoms with Gasteiger partial charge in [-0.25, -0.2) is 9.97 Å². The van der Waals surface area contributed by atoms with E-state index in [1.807, 2.05) is 44.2 Å². The number of hydrogen-bond donors (Lipinski definition) is 0. The lowest BCUT2D eigenvalue weighted by atomic mass is 10.2. The Hall–Kier alpha value is -2.28. The van der Waals surface area contributed by atoms with E-state index in [1.54, 1.807) is 12.3 Å². The van der Waals surface area contributed by atoms with Gasteiger partial charge >= 0.3 is 0 Å². The van der Waals surface area contributed by atoms with Crippen molar-refractivity contribution >= 4 is 23.2 Å². The number of rotatable bonds is 1. The van der Waals surface area contributed by atoms with Gasteiger partial charge in [0.05, 0.1) is 5.69 Å². The van der Waals surface area contributed by atoms with E-state index in [0.717, 1.165) is 28.5 Å². The van der Waals surface area contributed by atoms with Crippen LogP contribution in [0.3, 0.4) is 0 Å². The van der Waals surface area contributed by atoms with Gasteiger partial charge < -0.3 is 0 Å². The van der Waals surface area contributed by atoms with Crippen LogP contribution in [-0.4, -0.2) is 14.5 Å². The van der Waals surface area contributed by atoms with Crippen molar-refractivity contribution in [1.82, 2.24) is 14.5 Å². The third-order valence-electron chi connectivity index (χ3n) is 3.41. The molecule has 0 atom stereocenters. The molecule has 114 valence electrons. The van der Waals surface area contributed by atoms with Crippen LogP contribution in [0.5, 0.6) is 0 Å². The lowest BCUT2D eigenvalue weighted by Crippen LogP contribution is -1.98. The molecule has 23 heavy (non-hydrogen) atoms. The van der Waals surface area contributed by atoms with Gasteiger partial charge in [-0.05, 0) is 56.2 Å². The summed E-state index contributed by atoms with van der Waals surface area (Å²) >= 11 is 11.8. The fraction of sp³-hybridized carbons (Fsp3) is 0.111. The number of aryl methyl sites for hydroxylation is 1. The second-order valence-corrected chi connectivity index (χ2v) is 5.85. The standard InChI is InChI=1S/C18H13Cl2N3/c1-12-17(8-3-14-9-10-21-18(20)11-14)22-13(2)23(12)16-6-4-15(19)5-7-16/h4-7,9-11H,1-2H3. The van der Waals surface area contributed by atoms with Gasteiger partial charge in [-0.2, -0.15) is 0 Å². The minimum Gasteiger partial charge on any atom is -0.300 e. The molecule has 0 bridgehead atoms. The molecule has 0 amide bonds. The third kappa shape index (κ3) is 3.39. The van der Waals surface area contributed by atoms with Crippen molar-refractivity contribution < 1.29 is 0 Å². The summed E-state index contributed by atoms with van der Waals surface area (Å²) in [5, 5.41) is 1.13. The van der Waals surface area contributed by atoms with Crippen LogP contribution in [0.4, 0.5) is 0 Å². The van der Waals surface area contributed by atoms with Gasteiger partial charge in [0.1, 0.15) is 16.7 Å². The van der Waals surface area contributed by atoms with Gasteiger partial charge in [0.15, 0.2) is 0 Å². The van der Waals surface area contributed by atoms with Crippen molar-refractivity contribution in [2.24, 2.45) is 0 Å². The first kappa shape index (κ1) is 15.6. The minimum absolute atomic E-state index is 0.427. The molecule has 5 heteroatoms. The average molecular weight is 342 g/mol. The van der Waals surface area contributed by atoms with Gasteiger partial charge in [-0.15, -0.1) is 0 Å². The third-order valence-corrected chi connectivity index (χ3v) is 3.87. The molecule has 2 heterocycles. The van der Waals surface area contributed by atoms with Crippen LogP contribution in [0.25, 0.3) is 5.69 Å². The first-order valence-electron chi connectivity index (χ1n) is 7.00. The van der Waals surface area contributed by atoms with E-state index < -0.39 is 0 Å². The molecular weight excluding hydrogens is 329 g/mol. The molecule has 2 aromatic heterocycles. The molecule has 3 rings (SSSR count). The maximum absolute atomic E-state index is 5.95. The first-order valence-corrected chi connectivity index (χ1v) is 7.75. The van der Waals surface area contributed by atoms with Crippen LogP contribution >= 0.6 is 23.2 Å². The molecule has 0 radical (unpaired) electrons. The van der Waals surface area contributed by atoms with E-state index in [9.17, 15) is 0 Å². The molecule has 1 aromatic carbocycles. The highest BCUT2D eigenvalue weighted by Gasteiger charge is 2.10. The van der Waals surface area contributed by atoms with Crippen LogP contribution in [0, 0.1) is 25.7 Å². The normalized spacial score (nSPS) is 10.3. The van der Waals surface area contributed by atoms with Crippen molar-refractivity contribution in [3.8, 4) is 17.5 Å². The molecule has 3 aromatic rings. The Morgan fingerprint density at radius 3 is 2.43 bits per heavy atom. The van der Waals surface area contributed by atoms with Gasteiger partial charge in [0.25, 0.3) is 0 Å². The van der Waals surface area contributed by atoms with Crippen LogP contribution < -0.4 is 0 Å². The Balaban J connectivity index is 2.00. The number of aromatic nitrogens is 3. The molecule has 0 spiro atoms. The van der Waals surface area contributed by atoms with E-state index in [2.05, 4.69) is 26.4 Å². The maximum Gasteiger partial charge on any atom is 0.135 e. The van der Waals surface area contributed by atoms with Gasteiger partial charge in [-0.3, -0.25) is 4.57 Å². The topological polar surface area (TPSA) is 30.7 Å². The molecule has 3 nitrogen and oxygen atoms in total. The average Bonchev–Trinajstić information content (AvgIpc) is 2.81. The summed E-state index contributed by atoms with van der Waals surface area (Å²) in [6.45, 7) is 3.95. The smallest absolute Gasteiger partial charge is 0.135 e. The quantitative estimate of drug-likeness (QED) is 0.478. The Morgan fingerprint density at radius 1 is 1.00 bits per heavy atom. The molecule has 0 unspecified atom stereocenters. The van der Waals surface area contributed by atoms with Crippen LogP contribution in [0.15, 0.2) is 42.6 Å². The number of benzene rings is 1. The van der Waals surface area contributed by atoms with Crippen molar-refractivity contribution in [2.45, 2.75) is 13.8 Å². The number of pyridine rings is 1. The van der Waals surface area contributed by atoms with E-state index in [1.165, 1.54) is 0 Å². The lowest BCUT2D eigenvalue weighted by Gasteiger charge is -2.07. The molecule has 0 aliphatic heterocycles. The summed E-state index contributed by atoms with van der Waals surface area (Å²) in [6, 6.07) is 11.2. The maximum atomic E-state index is 5.95. The van der Waals surface area contributed by atoms with Crippen molar-refractivity contribution in [3.05, 3.63) is 75.5 Å². The largest absolute Gasteiger partial charge is 0.300 e. The van der Waals surface area contributed by atoms with Crippen molar-refractivity contribution in [2.75, 3.05) is 0 Å². The van der Waals surface area contributed by atoms with Crippen LogP contribution in [-0.2, 0) is 0 Å². The predicted octanol–water partition coefficient (Wildman–Crippen LogP) is 4.59. The SMILES string of the molecule is Cc1nc(C#Cc2ccnc(Cl)c2)c(C)n1-c1ccc(Cl)cc1. The van der Waals surface area contributed by atoms with Crippen molar-refractivity contribution in [3.63, 3.8) is 0 Å². The zero-order valence-electron chi connectivity index (χ0n) is 12.6.